The second kappa shape index (κ2) is 6.70. The minimum absolute atomic E-state index is 0. The molecule has 0 unspecified atom stereocenters. The molecule has 0 amide bonds. The molecule has 2 rings (SSSR count). The summed E-state index contributed by atoms with van der Waals surface area (Å²) in [5.41, 5.74) is 1.91. The van der Waals surface area contributed by atoms with Gasteiger partial charge in [0.25, 0.3) is 0 Å². The molecule has 0 aliphatic carbocycles. The molecule has 2 nitrogen and oxygen atoms in total. The maximum atomic E-state index is 5.91. The van der Waals surface area contributed by atoms with Crippen molar-refractivity contribution >= 4 is 41.3 Å². The first-order valence-electron chi connectivity index (χ1n) is 4.84. The number of benzene rings is 1. The highest BCUT2D eigenvalue weighted by Crippen LogP contribution is 2.25. The van der Waals surface area contributed by atoms with Gasteiger partial charge in [-0.2, -0.15) is 0 Å². The molecule has 90 valence electrons. The summed E-state index contributed by atoms with van der Waals surface area (Å²) in [6.07, 6.45) is 1.77. The number of hydrogen-bond acceptors (Lipinski definition) is 2. The van der Waals surface area contributed by atoms with Gasteiger partial charge >= 0.3 is 0 Å². The largest absolute Gasteiger partial charge is 0.379 e. The molecule has 5 heteroatoms. The molecule has 1 heterocycles. The fourth-order valence-corrected chi connectivity index (χ4v) is 1.60. The summed E-state index contributed by atoms with van der Waals surface area (Å²) < 4.78 is 0. The lowest BCUT2D eigenvalue weighted by Crippen LogP contribution is -2.00. The van der Waals surface area contributed by atoms with Crippen LogP contribution < -0.4 is 5.32 Å². The summed E-state index contributed by atoms with van der Waals surface area (Å²) in [4.78, 5) is 4.21. The zero-order valence-electron chi connectivity index (χ0n) is 8.86. The highest BCUT2D eigenvalue weighted by molar-refractivity contribution is 6.42. The van der Waals surface area contributed by atoms with E-state index in [4.69, 9.17) is 23.2 Å². The number of pyridine rings is 1. The van der Waals surface area contributed by atoms with Gasteiger partial charge in [-0.05, 0) is 30.3 Å². The molecule has 0 bridgehead atoms. The molecular formula is C12H11Cl3N2. The zero-order valence-corrected chi connectivity index (χ0v) is 11.2. The Morgan fingerprint density at radius 1 is 1.06 bits per heavy atom. The van der Waals surface area contributed by atoms with E-state index in [0.29, 0.717) is 16.6 Å². The van der Waals surface area contributed by atoms with Crippen LogP contribution in [0.5, 0.6) is 0 Å². The molecule has 0 aliphatic heterocycles. The molecule has 0 fully saturated rings. The fraction of sp³-hybridized carbons (Fsp3) is 0.0833. The van der Waals surface area contributed by atoms with Crippen LogP contribution >= 0.6 is 35.6 Å². The van der Waals surface area contributed by atoms with Crippen molar-refractivity contribution in [3.8, 4) is 0 Å². The summed E-state index contributed by atoms with van der Waals surface area (Å²) in [7, 11) is 0. The Hall–Kier alpha value is -0.960. The van der Waals surface area contributed by atoms with E-state index in [9.17, 15) is 0 Å². The van der Waals surface area contributed by atoms with Gasteiger partial charge in [-0.3, -0.25) is 4.98 Å². The average molecular weight is 290 g/mol. The normalized spacial score (nSPS) is 9.53. The molecule has 1 aromatic carbocycles. The Morgan fingerprint density at radius 3 is 2.53 bits per heavy atom. The third-order valence-corrected chi connectivity index (χ3v) is 2.86. The van der Waals surface area contributed by atoms with E-state index >= 15 is 0 Å². The van der Waals surface area contributed by atoms with Crippen LogP contribution in [0.2, 0.25) is 10.0 Å². The highest BCUT2D eigenvalue weighted by Gasteiger charge is 1.99. The number of hydrogen-bond donors (Lipinski definition) is 1. The topological polar surface area (TPSA) is 24.9 Å². The third kappa shape index (κ3) is 4.08. The minimum Gasteiger partial charge on any atom is -0.379 e. The van der Waals surface area contributed by atoms with Crippen LogP contribution in [0.1, 0.15) is 5.69 Å². The summed E-state index contributed by atoms with van der Waals surface area (Å²) in [6.45, 7) is 0.665. The Balaban J connectivity index is 0.00000144. The van der Waals surface area contributed by atoms with Crippen LogP contribution in [0.3, 0.4) is 0 Å². The van der Waals surface area contributed by atoms with Gasteiger partial charge in [-0.15, -0.1) is 12.4 Å². The third-order valence-electron chi connectivity index (χ3n) is 2.12. The summed E-state index contributed by atoms with van der Waals surface area (Å²) in [6, 6.07) is 11.3. The van der Waals surface area contributed by atoms with Crippen molar-refractivity contribution in [1.29, 1.82) is 0 Å². The molecule has 1 N–H and O–H groups in total. The lowest BCUT2D eigenvalue weighted by molar-refractivity contribution is 1.05. The van der Waals surface area contributed by atoms with Gasteiger partial charge in [0, 0.05) is 11.9 Å². The second-order valence-corrected chi connectivity index (χ2v) is 4.12. The molecule has 2 aromatic rings. The van der Waals surface area contributed by atoms with Crippen molar-refractivity contribution in [2.24, 2.45) is 0 Å². The summed E-state index contributed by atoms with van der Waals surface area (Å²) >= 11 is 11.7. The SMILES string of the molecule is Cl.Clc1ccc(NCc2ccccn2)cc1Cl. The molecule has 17 heavy (non-hydrogen) atoms. The van der Waals surface area contributed by atoms with Gasteiger partial charge in [0.15, 0.2) is 0 Å². The maximum absolute atomic E-state index is 5.91. The molecule has 0 saturated carbocycles. The molecule has 0 spiro atoms. The van der Waals surface area contributed by atoms with Crippen molar-refractivity contribution in [2.45, 2.75) is 6.54 Å². The van der Waals surface area contributed by atoms with Crippen molar-refractivity contribution in [1.82, 2.24) is 4.98 Å². The van der Waals surface area contributed by atoms with E-state index < -0.39 is 0 Å². The zero-order chi connectivity index (χ0) is 11.4. The van der Waals surface area contributed by atoms with E-state index in [1.807, 2.05) is 24.3 Å². The Labute approximate surface area is 116 Å². The predicted molar refractivity (Wildman–Crippen MR) is 75.3 cm³/mol. The molecule has 1 aromatic heterocycles. The summed E-state index contributed by atoms with van der Waals surface area (Å²) in [5, 5.41) is 4.33. The van der Waals surface area contributed by atoms with E-state index in [2.05, 4.69) is 10.3 Å². The first kappa shape index (κ1) is 14.1. The number of nitrogens with zero attached hydrogens (tertiary/aromatic N) is 1. The van der Waals surface area contributed by atoms with Gasteiger partial charge in [0.1, 0.15) is 0 Å². The molecule has 0 radical (unpaired) electrons. The van der Waals surface area contributed by atoms with Crippen LogP contribution in [0.4, 0.5) is 5.69 Å². The lowest BCUT2D eigenvalue weighted by atomic mass is 10.3. The molecule has 0 aliphatic rings. The van der Waals surface area contributed by atoms with E-state index in [-0.39, 0.29) is 12.4 Å². The van der Waals surface area contributed by atoms with Crippen molar-refractivity contribution < 1.29 is 0 Å². The maximum Gasteiger partial charge on any atom is 0.0612 e. The van der Waals surface area contributed by atoms with Gasteiger partial charge in [0.05, 0.1) is 22.3 Å². The fourth-order valence-electron chi connectivity index (χ4n) is 1.30. The monoisotopic (exact) mass is 288 g/mol. The van der Waals surface area contributed by atoms with E-state index in [1.54, 1.807) is 18.3 Å². The van der Waals surface area contributed by atoms with Crippen LogP contribution in [0.15, 0.2) is 42.6 Å². The smallest absolute Gasteiger partial charge is 0.0612 e. The molecule has 0 saturated heterocycles. The minimum atomic E-state index is 0. The van der Waals surface area contributed by atoms with Crippen LogP contribution in [0, 0.1) is 0 Å². The first-order valence-corrected chi connectivity index (χ1v) is 5.60. The number of nitrogens with one attached hydrogen (secondary N) is 1. The molecule has 0 atom stereocenters. The van der Waals surface area contributed by atoms with Gasteiger partial charge < -0.3 is 5.32 Å². The number of anilines is 1. The number of aromatic nitrogens is 1. The second-order valence-electron chi connectivity index (χ2n) is 3.30. The van der Waals surface area contributed by atoms with E-state index in [1.165, 1.54) is 0 Å². The number of rotatable bonds is 3. The van der Waals surface area contributed by atoms with Crippen molar-refractivity contribution in [3.05, 3.63) is 58.3 Å². The van der Waals surface area contributed by atoms with Gasteiger partial charge in [0.2, 0.25) is 0 Å². The molecular weight excluding hydrogens is 279 g/mol. The first-order chi connectivity index (χ1) is 7.75. The standard InChI is InChI=1S/C12H10Cl2N2.ClH/c13-11-5-4-9(7-12(11)14)16-8-10-3-1-2-6-15-10;/h1-7,16H,8H2;1H. The number of halogens is 3. The Bertz CT molecular complexity index is 474. The van der Waals surface area contributed by atoms with Crippen molar-refractivity contribution in [3.63, 3.8) is 0 Å². The average Bonchev–Trinajstić information content (AvgIpc) is 2.32. The Morgan fingerprint density at radius 2 is 1.88 bits per heavy atom. The van der Waals surface area contributed by atoms with Crippen LogP contribution in [0.25, 0.3) is 0 Å². The van der Waals surface area contributed by atoms with Gasteiger partial charge in [-0.25, -0.2) is 0 Å². The van der Waals surface area contributed by atoms with Crippen LogP contribution in [-0.2, 0) is 6.54 Å². The predicted octanol–water partition coefficient (Wildman–Crippen LogP) is 4.42. The van der Waals surface area contributed by atoms with Crippen molar-refractivity contribution in [2.75, 3.05) is 5.32 Å². The van der Waals surface area contributed by atoms with Gasteiger partial charge in [-0.1, -0.05) is 29.3 Å². The Kier molecular flexibility index (Phi) is 5.56. The van der Waals surface area contributed by atoms with Crippen LogP contribution in [-0.4, -0.2) is 4.98 Å². The highest BCUT2D eigenvalue weighted by atomic mass is 35.5. The van der Waals surface area contributed by atoms with E-state index in [0.717, 1.165) is 11.4 Å². The lowest BCUT2D eigenvalue weighted by Gasteiger charge is -2.06. The quantitative estimate of drug-likeness (QED) is 0.904. The summed E-state index contributed by atoms with van der Waals surface area (Å²) in [5.74, 6) is 0.